The molecule has 2 amide bonds. The van der Waals surface area contributed by atoms with Gasteiger partial charge in [-0.25, -0.2) is 13.2 Å². The molecule has 2 rings (SSSR count). The van der Waals surface area contributed by atoms with Gasteiger partial charge in [0.05, 0.1) is 11.5 Å². The van der Waals surface area contributed by atoms with Crippen molar-refractivity contribution < 1.29 is 23.1 Å². The van der Waals surface area contributed by atoms with E-state index in [1.165, 1.54) is 9.80 Å². The Balaban J connectivity index is 2.11. The first-order chi connectivity index (χ1) is 8.80. The summed E-state index contributed by atoms with van der Waals surface area (Å²) < 4.78 is 22.9. The predicted octanol–water partition coefficient (Wildman–Crippen LogP) is -0.226. The second kappa shape index (κ2) is 4.99. The van der Waals surface area contributed by atoms with Gasteiger partial charge in [0.2, 0.25) is 0 Å². The van der Waals surface area contributed by atoms with Gasteiger partial charge in [0, 0.05) is 19.1 Å². The number of carbonyl (C=O) groups is 2. The van der Waals surface area contributed by atoms with Crippen LogP contribution in [-0.4, -0.2) is 72.5 Å². The Labute approximate surface area is 112 Å². The van der Waals surface area contributed by atoms with Crippen molar-refractivity contribution >= 4 is 21.8 Å². The van der Waals surface area contributed by atoms with Crippen LogP contribution in [0.2, 0.25) is 0 Å². The molecule has 108 valence electrons. The van der Waals surface area contributed by atoms with E-state index in [0.717, 1.165) is 12.8 Å². The van der Waals surface area contributed by atoms with Crippen LogP contribution >= 0.6 is 0 Å². The van der Waals surface area contributed by atoms with Gasteiger partial charge in [-0.15, -0.1) is 0 Å². The van der Waals surface area contributed by atoms with Crippen molar-refractivity contribution in [1.29, 1.82) is 0 Å². The Hall–Kier alpha value is -1.31. The van der Waals surface area contributed by atoms with E-state index in [-0.39, 0.29) is 23.6 Å². The van der Waals surface area contributed by atoms with E-state index >= 15 is 0 Å². The van der Waals surface area contributed by atoms with E-state index in [1.807, 2.05) is 0 Å². The molecule has 2 fully saturated rings. The summed E-state index contributed by atoms with van der Waals surface area (Å²) in [7, 11) is -1.51. The summed E-state index contributed by atoms with van der Waals surface area (Å²) in [6.07, 6.45) is 2.16. The van der Waals surface area contributed by atoms with Crippen LogP contribution in [-0.2, 0) is 14.6 Å². The monoisotopic (exact) mass is 290 g/mol. The van der Waals surface area contributed by atoms with E-state index in [4.69, 9.17) is 5.11 Å². The summed E-state index contributed by atoms with van der Waals surface area (Å²) in [5, 5.41) is 8.90. The number of sulfone groups is 1. The van der Waals surface area contributed by atoms with Gasteiger partial charge in [-0.2, -0.15) is 0 Å². The number of urea groups is 1. The molecule has 1 unspecified atom stereocenters. The van der Waals surface area contributed by atoms with Crippen LogP contribution < -0.4 is 0 Å². The standard InChI is InChI=1S/C11H18N2O5S/c1-12(8-2-3-8)11(16)13(6-10(14)15)9-4-5-19(17,18)7-9/h8-9H,2-7H2,1H3,(H,14,15). The maximum atomic E-state index is 12.3. The minimum atomic E-state index is -3.15. The Bertz CT molecular complexity index is 485. The number of hydrogen-bond donors (Lipinski definition) is 1. The van der Waals surface area contributed by atoms with Gasteiger partial charge < -0.3 is 14.9 Å². The fourth-order valence-electron chi connectivity index (χ4n) is 2.34. The number of rotatable bonds is 4. The van der Waals surface area contributed by atoms with Gasteiger partial charge in [0.15, 0.2) is 9.84 Å². The first-order valence-corrected chi connectivity index (χ1v) is 8.08. The number of aliphatic carboxylic acids is 1. The molecule has 8 heteroatoms. The number of carbonyl (C=O) groups excluding carboxylic acids is 1. The zero-order chi connectivity index (χ0) is 14.2. The maximum Gasteiger partial charge on any atom is 0.323 e. The van der Waals surface area contributed by atoms with E-state index in [1.54, 1.807) is 7.05 Å². The highest BCUT2D eigenvalue weighted by Gasteiger charge is 2.39. The lowest BCUT2D eigenvalue weighted by molar-refractivity contribution is -0.138. The van der Waals surface area contributed by atoms with E-state index in [9.17, 15) is 18.0 Å². The van der Waals surface area contributed by atoms with Crippen molar-refractivity contribution in [1.82, 2.24) is 9.80 Å². The third-order valence-electron chi connectivity index (χ3n) is 3.60. The van der Waals surface area contributed by atoms with E-state index in [0.29, 0.717) is 6.42 Å². The Morgan fingerprint density at radius 2 is 1.84 bits per heavy atom. The molecule has 1 aliphatic carbocycles. The average Bonchev–Trinajstić information content (AvgIpc) is 3.09. The van der Waals surface area contributed by atoms with Gasteiger partial charge in [-0.3, -0.25) is 4.79 Å². The van der Waals surface area contributed by atoms with Crippen LogP contribution in [0, 0.1) is 0 Å². The molecule has 0 bridgehead atoms. The highest BCUT2D eigenvalue weighted by molar-refractivity contribution is 7.91. The van der Waals surface area contributed by atoms with Gasteiger partial charge in [0.25, 0.3) is 0 Å². The summed E-state index contributed by atoms with van der Waals surface area (Å²) in [5.74, 6) is -1.24. The number of carboxylic acids is 1. The van der Waals surface area contributed by atoms with Gasteiger partial charge >= 0.3 is 12.0 Å². The van der Waals surface area contributed by atoms with Gasteiger partial charge in [-0.1, -0.05) is 0 Å². The third-order valence-corrected chi connectivity index (χ3v) is 5.35. The average molecular weight is 290 g/mol. The van der Waals surface area contributed by atoms with Crippen molar-refractivity contribution in [3.05, 3.63) is 0 Å². The Morgan fingerprint density at radius 3 is 2.26 bits per heavy atom. The molecule has 2 aliphatic rings. The Morgan fingerprint density at radius 1 is 1.21 bits per heavy atom. The summed E-state index contributed by atoms with van der Waals surface area (Å²) in [5.41, 5.74) is 0. The van der Waals surface area contributed by atoms with Crippen molar-refractivity contribution in [2.24, 2.45) is 0 Å². The molecule has 0 aromatic carbocycles. The van der Waals surface area contributed by atoms with Crippen molar-refractivity contribution in [2.75, 3.05) is 25.1 Å². The van der Waals surface area contributed by atoms with Crippen LogP contribution in [0.3, 0.4) is 0 Å². The first-order valence-electron chi connectivity index (χ1n) is 6.26. The molecule has 7 nitrogen and oxygen atoms in total. The predicted molar refractivity (Wildman–Crippen MR) is 67.6 cm³/mol. The zero-order valence-corrected chi connectivity index (χ0v) is 11.6. The fraction of sp³-hybridized carbons (Fsp3) is 0.818. The number of carboxylic acid groups (broad SMARTS) is 1. The lowest BCUT2D eigenvalue weighted by Crippen LogP contribution is -2.50. The highest BCUT2D eigenvalue weighted by Crippen LogP contribution is 2.27. The smallest absolute Gasteiger partial charge is 0.323 e. The summed E-state index contributed by atoms with van der Waals surface area (Å²) in [6, 6.07) is -0.733. The maximum absolute atomic E-state index is 12.3. The lowest BCUT2D eigenvalue weighted by atomic mass is 10.2. The molecule has 1 atom stereocenters. The molecule has 1 heterocycles. The molecule has 0 spiro atoms. The third kappa shape index (κ3) is 3.37. The van der Waals surface area contributed by atoms with Gasteiger partial charge in [-0.05, 0) is 19.3 Å². The topological polar surface area (TPSA) is 95.0 Å². The first kappa shape index (κ1) is 14.1. The molecular formula is C11H18N2O5S. The van der Waals surface area contributed by atoms with Crippen molar-refractivity contribution in [2.45, 2.75) is 31.3 Å². The number of nitrogens with zero attached hydrogens (tertiary/aromatic N) is 2. The Kier molecular flexibility index (Phi) is 3.71. The molecule has 0 aromatic rings. The summed E-state index contributed by atoms with van der Waals surface area (Å²) in [6.45, 7) is -0.448. The summed E-state index contributed by atoms with van der Waals surface area (Å²) in [4.78, 5) is 25.8. The second-order valence-electron chi connectivity index (χ2n) is 5.20. The molecule has 1 saturated heterocycles. The largest absolute Gasteiger partial charge is 0.480 e. The lowest BCUT2D eigenvalue weighted by Gasteiger charge is -2.31. The number of hydrogen-bond acceptors (Lipinski definition) is 4. The quantitative estimate of drug-likeness (QED) is 0.772. The van der Waals surface area contributed by atoms with Gasteiger partial charge in [0.1, 0.15) is 6.54 Å². The van der Waals surface area contributed by atoms with Crippen molar-refractivity contribution in [3.63, 3.8) is 0 Å². The van der Waals surface area contributed by atoms with Crippen LogP contribution in [0.4, 0.5) is 4.79 Å². The van der Waals surface area contributed by atoms with Crippen LogP contribution in [0.25, 0.3) is 0 Å². The van der Waals surface area contributed by atoms with E-state index < -0.39 is 28.4 Å². The number of amides is 2. The second-order valence-corrected chi connectivity index (χ2v) is 7.43. The molecule has 1 N–H and O–H groups in total. The summed E-state index contributed by atoms with van der Waals surface area (Å²) >= 11 is 0. The minimum absolute atomic E-state index is 0.0220. The molecule has 0 aromatic heterocycles. The van der Waals surface area contributed by atoms with E-state index in [2.05, 4.69) is 0 Å². The molecule has 1 saturated carbocycles. The molecule has 0 radical (unpaired) electrons. The van der Waals surface area contributed by atoms with Crippen LogP contribution in [0.15, 0.2) is 0 Å². The molecule has 19 heavy (non-hydrogen) atoms. The molecular weight excluding hydrogens is 272 g/mol. The minimum Gasteiger partial charge on any atom is -0.480 e. The van der Waals surface area contributed by atoms with Crippen molar-refractivity contribution in [3.8, 4) is 0 Å². The van der Waals surface area contributed by atoms with Crippen LogP contribution in [0.1, 0.15) is 19.3 Å². The van der Waals surface area contributed by atoms with Crippen LogP contribution in [0.5, 0.6) is 0 Å². The highest BCUT2D eigenvalue weighted by atomic mass is 32.2. The normalized spacial score (nSPS) is 25.0. The fourth-order valence-corrected chi connectivity index (χ4v) is 4.07. The zero-order valence-electron chi connectivity index (χ0n) is 10.8. The molecule has 1 aliphatic heterocycles. The SMILES string of the molecule is CN(C(=O)N(CC(=O)O)C1CCS(=O)(=O)C1)C1CC1.